The van der Waals surface area contributed by atoms with Gasteiger partial charge in [-0.3, -0.25) is 0 Å². The first-order valence-electron chi connectivity index (χ1n) is 7.46. The third kappa shape index (κ3) is 3.18. The predicted octanol–water partition coefficient (Wildman–Crippen LogP) is 4.16. The Bertz CT molecular complexity index is 777. The van der Waals surface area contributed by atoms with Crippen LogP contribution in [0.3, 0.4) is 0 Å². The molecule has 0 unspecified atom stereocenters. The monoisotopic (exact) mass is 356 g/mol. The number of rotatable bonds is 4. The first kappa shape index (κ1) is 17.0. The van der Waals surface area contributed by atoms with Crippen LogP contribution >= 0.6 is 11.6 Å². The van der Waals surface area contributed by atoms with Crippen LogP contribution in [0.25, 0.3) is 0 Å². The zero-order chi connectivity index (χ0) is 17.5. The number of benzene rings is 1. The molecule has 1 atom stereocenters. The Morgan fingerprint density at radius 3 is 2.75 bits per heavy atom. The first-order valence-corrected chi connectivity index (χ1v) is 7.84. The van der Waals surface area contributed by atoms with Crippen molar-refractivity contribution in [3.8, 4) is 0 Å². The van der Waals surface area contributed by atoms with Gasteiger partial charge in [-0.25, -0.2) is 23.1 Å². The smallest absolute Gasteiger partial charge is 0.273 e. The molecule has 24 heavy (non-hydrogen) atoms. The number of nitrogens with zero attached hydrogens (tertiary/aromatic N) is 2. The van der Waals surface area contributed by atoms with Gasteiger partial charge in [0.25, 0.3) is 5.92 Å². The average molecular weight is 357 g/mol. The second-order valence-electron chi connectivity index (χ2n) is 5.83. The molecule has 2 N–H and O–H groups in total. The maximum atomic E-state index is 14.5. The molecule has 0 fully saturated rings. The minimum Gasteiger partial charge on any atom is -0.363 e. The van der Waals surface area contributed by atoms with E-state index in [0.29, 0.717) is 25.8 Å². The van der Waals surface area contributed by atoms with Crippen molar-refractivity contribution in [3.05, 3.63) is 51.7 Å². The molecule has 0 saturated carbocycles. The lowest BCUT2D eigenvalue weighted by molar-refractivity contribution is 0.0136. The van der Waals surface area contributed by atoms with Gasteiger partial charge in [0.2, 0.25) is 5.28 Å². The van der Waals surface area contributed by atoms with Gasteiger partial charge in [-0.1, -0.05) is 18.2 Å². The van der Waals surface area contributed by atoms with Crippen LogP contribution in [0.2, 0.25) is 5.28 Å². The van der Waals surface area contributed by atoms with E-state index in [4.69, 9.17) is 11.6 Å². The SMILES string of the molecule is C[C@@H](Nc1nc(Cl)nc2c1CNC2)c1cccc(C(C)(F)F)c1F. The van der Waals surface area contributed by atoms with Crippen molar-refractivity contribution in [2.75, 3.05) is 5.32 Å². The summed E-state index contributed by atoms with van der Waals surface area (Å²) in [6.45, 7) is 3.50. The van der Waals surface area contributed by atoms with Crippen LogP contribution in [0.4, 0.5) is 19.0 Å². The van der Waals surface area contributed by atoms with Gasteiger partial charge in [0.1, 0.15) is 11.6 Å². The minimum absolute atomic E-state index is 0.0847. The van der Waals surface area contributed by atoms with E-state index < -0.39 is 23.3 Å². The standard InChI is InChI=1S/C16H16ClF3N4/c1-8(9-4-3-5-11(13(9)18)16(2,19)20)22-14-10-6-21-7-12(10)23-15(17)24-14/h3-5,8,21H,6-7H2,1-2H3,(H,22,23,24)/t8-/m1/s1. The van der Waals surface area contributed by atoms with Crippen LogP contribution in [0.5, 0.6) is 0 Å². The van der Waals surface area contributed by atoms with Crippen LogP contribution in [0, 0.1) is 5.82 Å². The Labute approximate surface area is 142 Å². The Hall–Kier alpha value is -1.86. The van der Waals surface area contributed by atoms with Crippen LogP contribution < -0.4 is 10.6 Å². The Balaban J connectivity index is 1.93. The van der Waals surface area contributed by atoms with Crippen molar-refractivity contribution in [1.82, 2.24) is 15.3 Å². The molecule has 4 nitrogen and oxygen atoms in total. The molecule has 0 bridgehead atoms. The van der Waals surface area contributed by atoms with Gasteiger partial charge in [-0.15, -0.1) is 0 Å². The van der Waals surface area contributed by atoms with Gasteiger partial charge < -0.3 is 10.6 Å². The Morgan fingerprint density at radius 2 is 2.04 bits per heavy atom. The third-order valence-corrected chi connectivity index (χ3v) is 4.15. The second kappa shape index (κ2) is 6.22. The molecule has 0 saturated heterocycles. The third-order valence-electron chi connectivity index (χ3n) is 3.98. The molecule has 0 radical (unpaired) electrons. The second-order valence-corrected chi connectivity index (χ2v) is 6.17. The van der Waals surface area contributed by atoms with Crippen LogP contribution in [0.1, 0.15) is 42.3 Å². The van der Waals surface area contributed by atoms with Crippen molar-refractivity contribution in [2.24, 2.45) is 0 Å². The zero-order valence-corrected chi connectivity index (χ0v) is 13.9. The van der Waals surface area contributed by atoms with E-state index in [0.717, 1.165) is 17.3 Å². The molecule has 0 aliphatic carbocycles. The van der Waals surface area contributed by atoms with Crippen molar-refractivity contribution < 1.29 is 13.2 Å². The summed E-state index contributed by atoms with van der Waals surface area (Å²) in [7, 11) is 0. The van der Waals surface area contributed by atoms with E-state index in [1.54, 1.807) is 6.92 Å². The maximum absolute atomic E-state index is 14.5. The molecule has 0 spiro atoms. The quantitative estimate of drug-likeness (QED) is 0.808. The fraction of sp³-hybridized carbons (Fsp3) is 0.375. The molecule has 2 aromatic rings. The van der Waals surface area contributed by atoms with E-state index in [1.165, 1.54) is 12.1 Å². The largest absolute Gasteiger partial charge is 0.363 e. The Morgan fingerprint density at radius 1 is 1.29 bits per heavy atom. The molecular weight excluding hydrogens is 341 g/mol. The summed E-state index contributed by atoms with van der Waals surface area (Å²) in [5.74, 6) is -3.68. The lowest BCUT2D eigenvalue weighted by atomic mass is 10.0. The number of nitrogens with one attached hydrogen (secondary N) is 2. The molecule has 128 valence electrons. The summed E-state index contributed by atoms with van der Waals surface area (Å²) in [5, 5.41) is 6.28. The van der Waals surface area contributed by atoms with Gasteiger partial charge in [0, 0.05) is 31.1 Å². The molecule has 8 heteroatoms. The maximum Gasteiger partial charge on any atom is 0.273 e. The van der Waals surface area contributed by atoms with Crippen molar-refractivity contribution in [3.63, 3.8) is 0 Å². The zero-order valence-electron chi connectivity index (χ0n) is 13.1. The van der Waals surface area contributed by atoms with Crippen molar-refractivity contribution >= 4 is 17.4 Å². The average Bonchev–Trinajstić information content (AvgIpc) is 2.94. The van der Waals surface area contributed by atoms with Gasteiger partial charge in [-0.2, -0.15) is 0 Å². The number of alkyl halides is 2. The summed E-state index contributed by atoms with van der Waals surface area (Å²) >= 11 is 5.91. The number of halogens is 4. The van der Waals surface area contributed by atoms with Gasteiger partial charge in [0.15, 0.2) is 0 Å². The van der Waals surface area contributed by atoms with Crippen molar-refractivity contribution in [2.45, 2.75) is 38.9 Å². The number of hydrogen-bond donors (Lipinski definition) is 2. The van der Waals surface area contributed by atoms with E-state index in [1.807, 2.05) is 0 Å². The summed E-state index contributed by atoms with van der Waals surface area (Å²) in [6.07, 6.45) is 0. The summed E-state index contributed by atoms with van der Waals surface area (Å²) in [5.41, 5.74) is 1.15. The number of hydrogen-bond acceptors (Lipinski definition) is 4. The molecule has 1 aliphatic heterocycles. The van der Waals surface area contributed by atoms with Gasteiger partial charge >= 0.3 is 0 Å². The number of anilines is 1. The lowest BCUT2D eigenvalue weighted by Gasteiger charge is -2.20. The van der Waals surface area contributed by atoms with Crippen LogP contribution in [-0.4, -0.2) is 9.97 Å². The topological polar surface area (TPSA) is 49.8 Å². The summed E-state index contributed by atoms with van der Waals surface area (Å²) < 4.78 is 41.5. The first-order chi connectivity index (χ1) is 11.3. The van der Waals surface area contributed by atoms with Crippen LogP contribution in [0.15, 0.2) is 18.2 Å². The molecule has 3 rings (SSSR count). The molecule has 1 aromatic heterocycles. The van der Waals surface area contributed by atoms with Crippen LogP contribution in [-0.2, 0) is 19.0 Å². The highest BCUT2D eigenvalue weighted by molar-refractivity contribution is 6.28. The normalized spacial score (nSPS) is 15.2. The van der Waals surface area contributed by atoms with E-state index in [2.05, 4.69) is 20.6 Å². The summed E-state index contributed by atoms with van der Waals surface area (Å²) in [4.78, 5) is 8.28. The molecule has 1 aromatic carbocycles. The summed E-state index contributed by atoms with van der Waals surface area (Å²) in [6, 6.07) is 3.42. The number of aromatic nitrogens is 2. The molecule has 0 amide bonds. The highest BCUT2D eigenvalue weighted by Gasteiger charge is 2.30. The molecule has 2 heterocycles. The highest BCUT2D eigenvalue weighted by atomic mass is 35.5. The predicted molar refractivity (Wildman–Crippen MR) is 85.6 cm³/mol. The van der Waals surface area contributed by atoms with E-state index in [-0.39, 0.29) is 10.8 Å². The van der Waals surface area contributed by atoms with E-state index in [9.17, 15) is 13.2 Å². The minimum atomic E-state index is -3.25. The lowest BCUT2D eigenvalue weighted by Crippen LogP contribution is -2.16. The van der Waals surface area contributed by atoms with Crippen molar-refractivity contribution in [1.29, 1.82) is 0 Å². The Kier molecular flexibility index (Phi) is 4.40. The van der Waals surface area contributed by atoms with Gasteiger partial charge in [0.05, 0.1) is 17.3 Å². The highest BCUT2D eigenvalue weighted by Crippen LogP contribution is 2.33. The fourth-order valence-corrected chi connectivity index (χ4v) is 2.95. The fourth-order valence-electron chi connectivity index (χ4n) is 2.76. The molecule has 1 aliphatic rings. The van der Waals surface area contributed by atoms with Gasteiger partial charge in [-0.05, 0) is 18.5 Å². The molecular formula is C16H16ClF3N4. The van der Waals surface area contributed by atoms with E-state index >= 15 is 0 Å². The number of fused-ring (bicyclic) bond motifs is 1.